The number of nitrogens with zero attached hydrogens (tertiary/aromatic N) is 3. The van der Waals surface area contributed by atoms with Crippen LogP contribution in [-0.2, 0) is 17.7 Å². The Morgan fingerprint density at radius 2 is 2.31 bits per heavy atom. The molecule has 0 saturated carbocycles. The lowest BCUT2D eigenvalue weighted by molar-refractivity contribution is 0.200. The molecule has 1 heterocycles. The molecule has 0 amide bonds. The van der Waals surface area contributed by atoms with E-state index in [0.29, 0.717) is 17.3 Å². The first-order valence-corrected chi connectivity index (χ1v) is 5.82. The molecule has 0 atom stereocenters. The van der Waals surface area contributed by atoms with Gasteiger partial charge in [-0.15, -0.1) is 5.10 Å². The van der Waals surface area contributed by atoms with Crippen LogP contribution in [0.2, 0.25) is 0 Å². The van der Waals surface area contributed by atoms with Crippen LogP contribution < -0.4 is 5.73 Å². The van der Waals surface area contributed by atoms with E-state index in [1.165, 1.54) is 0 Å². The second kappa shape index (κ2) is 6.55. The molecule has 0 aliphatic carbocycles. The first kappa shape index (κ1) is 13.1. The SMILES string of the molecule is CCCCn1nnc(C(N)=S)c1CCOC. The molecular weight excluding hydrogens is 224 g/mol. The predicted molar refractivity (Wildman–Crippen MR) is 66.4 cm³/mol. The zero-order chi connectivity index (χ0) is 12.0. The summed E-state index contributed by atoms with van der Waals surface area (Å²) in [6.45, 7) is 3.61. The second-order valence-corrected chi connectivity index (χ2v) is 4.01. The maximum absolute atomic E-state index is 5.60. The fourth-order valence-corrected chi connectivity index (χ4v) is 1.62. The molecule has 0 aliphatic heterocycles. The minimum atomic E-state index is 0.300. The Labute approximate surface area is 101 Å². The Balaban J connectivity index is 2.85. The highest BCUT2D eigenvalue weighted by Crippen LogP contribution is 2.08. The van der Waals surface area contributed by atoms with E-state index in [4.69, 9.17) is 22.7 Å². The Morgan fingerprint density at radius 1 is 1.56 bits per heavy atom. The minimum Gasteiger partial charge on any atom is -0.388 e. The van der Waals surface area contributed by atoms with Gasteiger partial charge in [0.15, 0.2) is 0 Å². The van der Waals surface area contributed by atoms with Crippen molar-refractivity contribution in [3.8, 4) is 0 Å². The normalized spacial score (nSPS) is 10.6. The molecule has 0 bridgehead atoms. The molecule has 0 radical (unpaired) electrons. The molecule has 1 aromatic heterocycles. The molecule has 2 N–H and O–H groups in total. The van der Waals surface area contributed by atoms with Gasteiger partial charge in [0.25, 0.3) is 0 Å². The van der Waals surface area contributed by atoms with Gasteiger partial charge >= 0.3 is 0 Å². The van der Waals surface area contributed by atoms with Gasteiger partial charge < -0.3 is 10.5 Å². The van der Waals surface area contributed by atoms with E-state index < -0.39 is 0 Å². The van der Waals surface area contributed by atoms with Crippen molar-refractivity contribution in [1.29, 1.82) is 0 Å². The molecule has 1 rings (SSSR count). The van der Waals surface area contributed by atoms with Crippen LogP contribution in [0.15, 0.2) is 0 Å². The van der Waals surface area contributed by atoms with Crippen LogP contribution >= 0.6 is 12.2 Å². The largest absolute Gasteiger partial charge is 0.388 e. The summed E-state index contributed by atoms with van der Waals surface area (Å²) in [5.41, 5.74) is 7.21. The lowest BCUT2D eigenvalue weighted by Gasteiger charge is -2.06. The summed E-state index contributed by atoms with van der Waals surface area (Å²) in [7, 11) is 1.67. The van der Waals surface area contributed by atoms with Crippen molar-refractivity contribution in [3.63, 3.8) is 0 Å². The number of nitrogens with two attached hydrogens (primary N) is 1. The molecule has 5 nitrogen and oxygen atoms in total. The van der Waals surface area contributed by atoms with Gasteiger partial charge in [-0.3, -0.25) is 0 Å². The average molecular weight is 242 g/mol. The molecule has 0 aromatic carbocycles. The number of hydrogen-bond donors (Lipinski definition) is 1. The Morgan fingerprint density at radius 3 is 2.88 bits per heavy atom. The fourth-order valence-electron chi connectivity index (χ4n) is 1.46. The van der Waals surface area contributed by atoms with Gasteiger partial charge in [-0.05, 0) is 6.42 Å². The quantitative estimate of drug-likeness (QED) is 0.720. The van der Waals surface area contributed by atoms with Crippen LogP contribution in [0.5, 0.6) is 0 Å². The third-order valence-electron chi connectivity index (χ3n) is 2.34. The van der Waals surface area contributed by atoms with E-state index in [0.717, 1.165) is 31.5 Å². The first-order chi connectivity index (χ1) is 7.70. The van der Waals surface area contributed by atoms with E-state index in [2.05, 4.69) is 17.2 Å². The summed E-state index contributed by atoms with van der Waals surface area (Å²) in [6.07, 6.45) is 2.92. The van der Waals surface area contributed by atoms with E-state index in [9.17, 15) is 0 Å². The third-order valence-corrected chi connectivity index (χ3v) is 2.53. The molecule has 0 spiro atoms. The van der Waals surface area contributed by atoms with Gasteiger partial charge in [0.2, 0.25) is 0 Å². The summed E-state index contributed by atoms with van der Waals surface area (Å²) >= 11 is 4.95. The summed E-state index contributed by atoms with van der Waals surface area (Å²) in [4.78, 5) is 0.300. The van der Waals surface area contributed by atoms with Crippen LogP contribution in [0.3, 0.4) is 0 Å². The minimum absolute atomic E-state index is 0.300. The van der Waals surface area contributed by atoms with Crippen molar-refractivity contribution in [2.24, 2.45) is 5.73 Å². The van der Waals surface area contributed by atoms with Crippen molar-refractivity contribution >= 4 is 17.2 Å². The number of unbranched alkanes of at least 4 members (excludes halogenated alkanes) is 1. The van der Waals surface area contributed by atoms with Gasteiger partial charge in [0, 0.05) is 20.1 Å². The Bertz CT molecular complexity index is 351. The highest BCUT2D eigenvalue weighted by atomic mass is 32.1. The zero-order valence-electron chi connectivity index (χ0n) is 9.77. The van der Waals surface area contributed by atoms with Gasteiger partial charge in [-0.1, -0.05) is 30.8 Å². The van der Waals surface area contributed by atoms with E-state index >= 15 is 0 Å². The smallest absolute Gasteiger partial charge is 0.143 e. The number of aryl methyl sites for hydroxylation is 1. The monoisotopic (exact) mass is 242 g/mol. The standard InChI is InChI=1S/C10H18N4OS/c1-3-4-6-14-8(5-7-15-2)9(10(11)16)12-13-14/h3-7H2,1-2H3,(H2,11,16). The summed E-state index contributed by atoms with van der Waals surface area (Å²) in [5, 5.41) is 8.08. The molecule has 1 aromatic rings. The van der Waals surface area contributed by atoms with Crippen LogP contribution in [0.25, 0.3) is 0 Å². The van der Waals surface area contributed by atoms with Gasteiger partial charge in [0.1, 0.15) is 10.7 Å². The molecule has 0 unspecified atom stereocenters. The van der Waals surface area contributed by atoms with E-state index in [1.807, 2.05) is 4.68 Å². The maximum Gasteiger partial charge on any atom is 0.143 e. The molecule has 0 saturated heterocycles. The van der Waals surface area contributed by atoms with Crippen molar-refractivity contribution in [2.75, 3.05) is 13.7 Å². The molecule has 90 valence electrons. The second-order valence-electron chi connectivity index (χ2n) is 3.57. The lowest BCUT2D eigenvalue weighted by Crippen LogP contribution is -2.15. The molecule has 0 aliphatic rings. The number of hydrogen-bond acceptors (Lipinski definition) is 4. The van der Waals surface area contributed by atoms with E-state index in [1.54, 1.807) is 7.11 Å². The lowest BCUT2D eigenvalue weighted by atomic mass is 10.2. The maximum atomic E-state index is 5.60. The van der Waals surface area contributed by atoms with Crippen molar-refractivity contribution in [3.05, 3.63) is 11.4 Å². The average Bonchev–Trinajstić information content (AvgIpc) is 2.66. The molecular formula is C10H18N4OS. The number of methoxy groups -OCH3 is 1. The summed E-state index contributed by atoms with van der Waals surface area (Å²) in [6, 6.07) is 0. The molecule has 0 fully saturated rings. The molecule has 6 heteroatoms. The van der Waals surface area contributed by atoms with Crippen LogP contribution in [0, 0.1) is 0 Å². The van der Waals surface area contributed by atoms with Gasteiger partial charge in [-0.2, -0.15) is 0 Å². The number of thiocarbonyl (C=S) groups is 1. The van der Waals surface area contributed by atoms with Crippen molar-refractivity contribution in [1.82, 2.24) is 15.0 Å². The number of rotatable bonds is 7. The summed E-state index contributed by atoms with van der Waals surface area (Å²) in [5.74, 6) is 0. The topological polar surface area (TPSA) is 66.0 Å². The van der Waals surface area contributed by atoms with Gasteiger partial charge in [-0.25, -0.2) is 4.68 Å². The van der Waals surface area contributed by atoms with Crippen molar-refractivity contribution in [2.45, 2.75) is 32.7 Å². The van der Waals surface area contributed by atoms with Crippen LogP contribution in [0.1, 0.15) is 31.2 Å². The predicted octanol–water partition coefficient (Wildman–Crippen LogP) is 0.901. The Hall–Kier alpha value is -1.01. The highest BCUT2D eigenvalue weighted by Gasteiger charge is 2.14. The van der Waals surface area contributed by atoms with Gasteiger partial charge in [0.05, 0.1) is 12.3 Å². The number of ether oxygens (including phenoxy) is 1. The summed E-state index contributed by atoms with van der Waals surface area (Å²) < 4.78 is 6.93. The zero-order valence-corrected chi connectivity index (χ0v) is 10.6. The van der Waals surface area contributed by atoms with Crippen LogP contribution in [0.4, 0.5) is 0 Å². The molecule has 16 heavy (non-hydrogen) atoms. The number of aromatic nitrogens is 3. The third kappa shape index (κ3) is 3.24. The highest BCUT2D eigenvalue weighted by molar-refractivity contribution is 7.80. The van der Waals surface area contributed by atoms with Crippen LogP contribution in [-0.4, -0.2) is 33.7 Å². The fraction of sp³-hybridized carbons (Fsp3) is 0.700. The van der Waals surface area contributed by atoms with E-state index in [-0.39, 0.29) is 0 Å². The first-order valence-electron chi connectivity index (χ1n) is 5.41. The van der Waals surface area contributed by atoms with Crippen molar-refractivity contribution < 1.29 is 4.74 Å². The Kier molecular flexibility index (Phi) is 5.34.